The minimum Gasteiger partial charge on any atom is -0.312 e. The molecule has 0 heterocycles. The van der Waals surface area contributed by atoms with Crippen LogP contribution in [0.25, 0.3) is 0 Å². The van der Waals surface area contributed by atoms with E-state index in [0.29, 0.717) is 12.0 Å². The molecule has 96 valence electrons. The van der Waals surface area contributed by atoms with Crippen molar-refractivity contribution in [3.8, 4) is 0 Å². The van der Waals surface area contributed by atoms with Crippen LogP contribution >= 0.6 is 0 Å². The van der Waals surface area contributed by atoms with Crippen molar-refractivity contribution in [1.29, 1.82) is 0 Å². The van der Waals surface area contributed by atoms with Gasteiger partial charge >= 0.3 is 6.36 Å². The first-order valence-corrected chi connectivity index (χ1v) is 5.82. The highest BCUT2D eigenvalue weighted by Crippen LogP contribution is 2.29. The number of alkyl halides is 3. The van der Waals surface area contributed by atoms with E-state index >= 15 is 0 Å². The molecule has 0 spiro atoms. The van der Waals surface area contributed by atoms with E-state index in [1.807, 2.05) is 0 Å². The summed E-state index contributed by atoms with van der Waals surface area (Å²) in [5, 5.41) is 3.12. The monoisotopic (exact) mass is 239 g/mol. The van der Waals surface area contributed by atoms with Gasteiger partial charge in [0.25, 0.3) is 0 Å². The van der Waals surface area contributed by atoms with E-state index in [1.54, 1.807) is 0 Å². The van der Waals surface area contributed by atoms with E-state index in [9.17, 15) is 13.2 Å². The molecule has 1 aliphatic rings. The van der Waals surface area contributed by atoms with E-state index in [4.69, 9.17) is 0 Å². The number of ether oxygens (including phenoxy) is 1. The highest BCUT2D eigenvalue weighted by Gasteiger charge is 2.29. The molecule has 0 aromatic carbocycles. The predicted octanol–water partition coefficient (Wildman–Crippen LogP) is 2.94. The zero-order chi connectivity index (χ0) is 12.2. The smallest absolute Gasteiger partial charge is 0.312 e. The van der Waals surface area contributed by atoms with Crippen molar-refractivity contribution >= 4 is 0 Å². The van der Waals surface area contributed by atoms with Crippen molar-refractivity contribution in [3.63, 3.8) is 0 Å². The lowest BCUT2D eigenvalue weighted by molar-refractivity contribution is -0.323. The molecule has 1 rings (SSSR count). The molecule has 2 nitrogen and oxygen atoms in total. The maximum atomic E-state index is 11.7. The lowest BCUT2D eigenvalue weighted by Gasteiger charge is -2.32. The van der Waals surface area contributed by atoms with Crippen LogP contribution in [0.15, 0.2) is 0 Å². The molecular formula is C11H20F3NO. The van der Waals surface area contributed by atoms with Gasteiger partial charge in [-0.15, -0.1) is 13.2 Å². The van der Waals surface area contributed by atoms with Gasteiger partial charge in [-0.1, -0.05) is 13.8 Å². The summed E-state index contributed by atoms with van der Waals surface area (Å²) in [6.45, 7) is 4.40. The summed E-state index contributed by atoms with van der Waals surface area (Å²) in [5.41, 5.74) is 0. The van der Waals surface area contributed by atoms with Gasteiger partial charge in [0.2, 0.25) is 0 Å². The molecule has 0 aliphatic heterocycles. The standard InChI is InChI=1S/C11H20F3NO/c1-8-3-4-10(7-9(8)2)15-5-6-16-11(12,13)14/h8-10,15H,3-7H2,1-2H3. The van der Waals surface area contributed by atoms with Crippen LogP contribution in [0, 0.1) is 11.8 Å². The van der Waals surface area contributed by atoms with Crippen LogP contribution in [0.1, 0.15) is 33.1 Å². The Morgan fingerprint density at radius 3 is 2.44 bits per heavy atom. The SMILES string of the molecule is CC1CCC(NCCOC(F)(F)F)CC1C. The fraction of sp³-hybridized carbons (Fsp3) is 1.00. The molecule has 5 heteroatoms. The molecule has 0 amide bonds. The van der Waals surface area contributed by atoms with Crippen molar-refractivity contribution in [1.82, 2.24) is 5.32 Å². The fourth-order valence-corrected chi connectivity index (χ4v) is 2.16. The normalized spacial score (nSPS) is 31.7. The molecule has 16 heavy (non-hydrogen) atoms. The van der Waals surface area contributed by atoms with Crippen molar-refractivity contribution in [2.45, 2.75) is 45.5 Å². The maximum absolute atomic E-state index is 11.7. The van der Waals surface area contributed by atoms with Crippen LogP contribution in [0.5, 0.6) is 0 Å². The van der Waals surface area contributed by atoms with Gasteiger partial charge in [0, 0.05) is 12.6 Å². The molecule has 1 saturated carbocycles. The van der Waals surface area contributed by atoms with E-state index < -0.39 is 6.36 Å². The molecule has 1 N–H and O–H groups in total. The molecule has 0 saturated heterocycles. The first-order valence-electron chi connectivity index (χ1n) is 5.82. The van der Waals surface area contributed by atoms with E-state index in [0.717, 1.165) is 25.2 Å². The van der Waals surface area contributed by atoms with Gasteiger partial charge < -0.3 is 5.32 Å². The molecule has 1 fully saturated rings. The first kappa shape index (κ1) is 13.8. The number of hydrogen-bond donors (Lipinski definition) is 1. The quantitative estimate of drug-likeness (QED) is 0.762. The third-order valence-corrected chi connectivity index (χ3v) is 3.40. The molecule has 3 atom stereocenters. The Bertz CT molecular complexity index is 208. The Labute approximate surface area is 94.5 Å². The molecule has 0 bridgehead atoms. The number of nitrogens with one attached hydrogen (secondary N) is 1. The third kappa shape index (κ3) is 5.16. The number of rotatable bonds is 4. The van der Waals surface area contributed by atoms with Crippen LogP contribution in [0.3, 0.4) is 0 Å². The van der Waals surface area contributed by atoms with Crippen LogP contribution < -0.4 is 5.32 Å². The Balaban J connectivity index is 2.10. The van der Waals surface area contributed by atoms with Gasteiger partial charge in [0.05, 0.1) is 6.61 Å². The summed E-state index contributed by atoms with van der Waals surface area (Å²) < 4.78 is 38.8. The Kier molecular flexibility index (Phi) is 5.05. The minimum atomic E-state index is -4.50. The van der Waals surface area contributed by atoms with Gasteiger partial charge in [0.15, 0.2) is 0 Å². The molecule has 1 aliphatic carbocycles. The average Bonchev–Trinajstić information content (AvgIpc) is 2.17. The molecular weight excluding hydrogens is 219 g/mol. The van der Waals surface area contributed by atoms with Crippen LogP contribution in [0.4, 0.5) is 13.2 Å². The van der Waals surface area contributed by atoms with Crippen molar-refractivity contribution in [3.05, 3.63) is 0 Å². The Morgan fingerprint density at radius 2 is 1.88 bits per heavy atom. The van der Waals surface area contributed by atoms with Crippen LogP contribution in [-0.4, -0.2) is 25.6 Å². The average molecular weight is 239 g/mol. The van der Waals surface area contributed by atoms with E-state index in [-0.39, 0.29) is 13.2 Å². The fourth-order valence-electron chi connectivity index (χ4n) is 2.16. The van der Waals surface area contributed by atoms with Gasteiger partial charge in [-0.3, -0.25) is 4.74 Å². The molecule has 3 unspecified atom stereocenters. The predicted molar refractivity (Wildman–Crippen MR) is 56.0 cm³/mol. The third-order valence-electron chi connectivity index (χ3n) is 3.40. The largest absolute Gasteiger partial charge is 0.522 e. The second-order valence-corrected chi connectivity index (χ2v) is 4.71. The summed E-state index contributed by atoms with van der Waals surface area (Å²) in [4.78, 5) is 0. The summed E-state index contributed by atoms with van der Waals surface area (Å²) in [6.07, 6.45) is -1.25. The lowest BCUT2D eigenvalue weighted by Crippen LogP contribution is -2.38. The van der Waals surface area contributed by atoms with Gasteiger partial charge in [0.1, 0.15) is 0 Å². The molecule has 0 radical (unpaired) electrons. The van der Waals surface area contributed by atoms with Crippen LogP contribution in [-0.2, 0) is 4.74 Å². The maximum Gasteiger partial charge on any atom is 0.522 e. The molecule has 0 aromatic heterocycles. The second kappa shape index (κ2) is 5.87. The van der Waals surface area contributed by atoms with E-state index in [1.165, 1.54) is 0 Å². The highest BCUT2D eigenvalue weighted by molar-refractivity contribution is 4.79. The lowest BCUT2D eigenvalue weighted by atomic mass is 9.79. The zero-order valence-electron chi connectivity index (χ0n) is 9.81. The second-order valence-electron chi connectivity index (χ2n) is 4.71. The minimum absolute atomic E-state index is 0.269. The van der Waals surface area contributed by atoms with Crippen LogP contribution in [0.2, 0.25) is 0 Å². The van der Waals surface area contributed by atoms with Gasteiger partial charge in [-0.2, -0.15) is 0 Å². The van der Waals surface area contributed by atoms with Crippen molar-refractivity contribution < 1.29 is 17.9 Å². The summed E-state index contributed by atoms with van der Waals surface area (Å²) in [6, 6.07) is 0.350. The number of hydrogen-bond acceptors (Lipinski definition) is 2. The van der Waals surface area contributed by atoms with Gasteiger partial charge in [-0.05, 0) is 31.1 Å². The topological polar surface area (TPSA) is 21.3 Å². The zero-order valence-corrected chi connectivity index (χ0v) is 9.81. The van der Waals surface area contributed by atoms with Crippen molar-refractivity contribution in [2.75, 3.05) is 13.2 Å². The first-order chi connectivity index (χ1) is 7.38. The highest BCUT2D eigenvalue weighted by atomic mass is 19.4. The molecule has 0 aromatic rings. The van der Waals surface area contributed by atoms with Crippen molar-refractivity contribution in [2.24, 2.45) is 11.8 Å². The Hall–Kier alpha value is -0.290. The summed E-state index contributed by atoms with van der Waals surface area (Å²) >= 11 is 0. The van der Waals surface area contributed by atoms with E-state index in [2.05, 4.69) is 23.9 Å². The Morgan fingerprint density at radius 1 is 1.19 bits per heavy atom. The van der Waals surface area contributed by atoms with Gasteiger partial charge in [-0.25, -0.2) is 0 Å². The number of halogens is 3. The summed E-state index contributed by atoms with van der Waals surface area (Å²) in [7, 11) is 0. The summed E-state index contributed by atoms with van der Waals surface area (Å²) in [5.74, 6) is 1.37.